The molecule has 2 fully saturated rings. The van der Waals surface area contributed by atoms with E-state index in [0.29, 0.717) is 5.41 Å². The first kappa shape index (κ1) is 12.0. The van der Waals surface area contributed by atoms with Gasteiger partial charge in [0.2, 0.25) is 0 Å². The van der Waals surface area contributed by atoms with Gasteiger partial charge in [0.15, 0.2) is 0 Å². The Morgan fingerprint density at radius 3 is 2.44 bits per heavy atom. The van der Waals surface area contributed by atoms with Crippen LogP contribution in [-0.2, 0) is 0 Å². The molecule has 18 heavy (non-hydrogen) atoms. The molecule has 2 aliphatic rings. The summed E-state index contributed by atoms with van der Waals surface area (Å²) >= 11 is 0. The number of hydrogen-bond acceptors (Lipinski definition) is 2. The van der Waals surface area contributed by atoms with Crippen molar-refractivity contribution in [1.29, 1.82) is 0 Å². The summed E-state index contributed by atoms with van der Waals surface area (Å²) in [5.74, 6) is -0.130. The minimum absolute atomic E-state index is 0.130. The van der Waals surface area contributed by atoms with Crippen LogP contribution in [-0.4, -0.2) is 26.2 Å². The second kappa shape index (κ2) is 4.88. The molecule has 2 aliphatic heterocycles. The Balaban J connectivity index is 1.66. The van der Waals surface area contributed by atoms with Crippen molar-refractivity contribution < 1.29 is 4.39 Å². The number of anilines is 1. The fourth-order valence-corrected chi connectivity index (χ4v) is 3.37. The van der Waals surface area contributed by atoms with E-state index in [9.17, 15) is 4.39 Å². The standard InChI is InChI=1S/C15H21FN2/c16-13-2-1-3-14(12-13)18-10-6-15(7-11-18)4-8-17-9-5-15/h1-3,12,17H,4-11H2. The summed E-state index contributed by atoms with van der Waals surface area (Å²) in [6, 6.07) is 6.99. The molecule has 0 atom stereocenters. The van der Waals surface area contributed by atoms with Crippen molar-refractivity contribution in [3.63, 3.8) is 0 Å². The molecule has 2 nitrogen and oxygen atoms in total. The number of benzene rings is 1. The second-order valence-corrected chi connectivity index (χ2v) is 5.72. The largest absolute Gasteiger partial charge is 0.371 e. The van der Waals surface area contributed by atoms with Crippen LogP contribution < -0.4 is 10.2 Å². The van der Waals surface area contributed by atoms with E-state index in [0.717, 1.165) is 18.8 Å². The lowest BCUT2D eigenvalue weighted by atomic mass is 9.71. The zero-order valence-corrected chi connectivity index (χ0v) is 10.8. The Labute approximate surface area is 108 Å². The maximum absolute atomic E-state index is 13.2. The number of halogens is 1. The average molecular weight is 248 g/mol. The highest BCUT2D eigenvalue weighted by molar-refractivity contribution is 5.46. The maximum atomic E-state index is 13.2. The molecule has 0 amide bonds. The van der Waals surface area contributed by atoms with Crippen molar-refractivity contribution in [3.05, 3.63) is 30.1 Å². The van der Waals surface area contributed by atoms with E-state index in [1.165, 1.54) is 44.8 Å². The predicted octanol–water partition coefficient (Wildman–Crippen LogP) is 2.80. The van der Waals surface area contributed by atoms with Crippen LogP contribution in [0.25, 0.3) is 0 Å². The van der Waals surface area contributed by atoms with Gasteiger partial charge in [-0.1, -0.05) is 6.07 Å². The normalized spacial score (nSPS) is 23.3. The van der Waals surface area contributed by atoms with Gasteiger partial charge in [-0.15, -0.1) is 0 Å². The van der Waals surface area contributed by atoms with Crippen molar-refractivity contribution in [2.24, 2.45) is 5.41 Å². The quantitative estimate of drug-likeness (QED) is 0.822. The van der Waals surface area contributed by atoms with Gasteiger partial charge >= 0.3 is 0 Å². The molecule has 0 unspecified atom stereocenters. The summed E-state index contributed by atoms with van der Waals surface area (Å²) in [6.07, 6.45) is 5.13. The lowest BCUT2D eigenvalue weighted by molar-refractivity contribution is 0.155. The van der Waals surface area contributed by atoms with Crippen LogP contribution >= 0.6 is 0 Å². The van der Waals surface area contributed by atoms with E-state index in [2.05, 4.69) is 10.2 Å². The second-order valence-electron chi connectivity index (χ2n) is 5.72. The van der Waals surface area contributed by atoms with Gasteiger partial charge in [0.1, 0.15) is 5.82 Å². The van der Waals surface area contributed by atoms with Gasteiger partial charge < -0.3 is 10.2 Å². The van der Waals surface area contributed by atoms with Crippen LogP contribution in [0.2, 0.25) is 0 Å². The first-order valence-electron chi connectivity index (χ1n) is 6.99. The topological polar surface area (TPSA) is 15.3 Å². The minimum atomic E-state index is -0.130. The molecule has 1 aromatic rings. The van der Waals surface area contributed by atoms with Gasteiger partial charge in [-0.2, -0.15) is 0 Å². The molecule has 2 saturated heterocycles. The molecule has 0 radical (unpaired) electrons. The predicted molar refractivity (Wildman–Crippen MR) is 72.4 cm³/mol. The number of nitrogens with zero attached hydrogens (tertiary/aromatic N) is 1. The zero-order chi connectivity index (χ0) is 12.4. The highest BCUT2D eigenvalue weighted by Gasteiger charge is 2.35. The molecule has 3 rings (SSSR count). The van der Waals surface area contributed by atoms with Gasteiger partial charge in [-0.05, 0) is 62.4 Å². The van der Waals surface area contributed by atoms with Crippen LogP contribution in [0.1, 0.15) is 25.7 Å². The van der Waals surface area contributed by atoms with Gasteiger partial charge in [-0.25, -0.2) is 4.39 Å². The third-order valence-corrected chi connectivity index (χ3v) is 4.66. The molecule has 1 spiro atoms. The highest BCUT2D eigenvalue weighted by Crippen LogP contribution is 2.40. The zero-order valence-electron chi connectivity index (χ0n) is 10.8. The summed E-state index contributed by atoms with van der Waals surface area (Å²) in [5, 5.41) is 3.44. The van der Waals surface area contributed by atoms with Crippen molar-refractivity contribution in [2.75, 3.05) is 31.1 Å². The minimum Gasteiger partial charge on any atom is -0.371 e. The molecular formula is C15H21FN2. The summed E-state index contributed by atoms with van der Waals surface area (Å²) < 4.78 is 13.2. The number of nitrogens with one attached hydrogen (secondary N) is 1. The third kappa shape index (κ3) is 2.37. The number of piperidine rings is 2. The van der Waals surface area contributed by atoms with Crippen molar-refractivity contribution in [2.45, 2.75) is 25.7 Å². The monoisotopic (exact) mass is 248 g/mol. The van der Waals surface area contributed by atoms with E-state index in [1.807, 2.05) is 6.07 Å². The van der Waals surface area contributed by atoms with Gasteiger partial charge in [0.05, 0.1) is 0 Å². The summed E-state index contributed by atoms with van der Waals surface area (Å²) in [5.41, 5.74) is 1.61. The molecular weight excluding hydrogens is 227 g/mol. The van der Waals surface area contributed by atoms with E-state index in [4.69, 9.17) is 0 Å². The molecule has 1 aromatic carbocycles. The van der Waals surface area contributed by atoms with E-state index in [-0.39, 0.29) is 5.82 Å². The summed E-state index contributed by atoms with van der Waals surface area (Å²) in [7, 11) is 0. The smallest absolute Gasteiger partial charge is 0.125 e. The molecule has 98 valence electrons. The molecule has 0 saturated carbocycles. The lowest BCUT2D eigenvalue weighted by Gasteiger charge is -2.45. The summed E-state index contributed by atoms with van der Waals surface area (Å²) in [6.45, 7) is 4.48. The van der Waals surface area contributed by atoms with Gasteiger partial charge in [0.25, 0.3) is 0 Å². The fourth-order valence-electron chi connectivity index (χ4n) is 3.37. The SMILES string of the molecule is Fc1cccc(N2CCC3(CCNCC3)CC2)c1. The fraction of sp³-hybridized carbons (Fsp3) is 0.600. The van der Waals surface area contributed by atoms with Crippen molar-refractivity contribution in [1.82, 2.24) is 5.32 Å². The Bertz CT molecular complexity index is 403. The van der Waals surface area contributed by atoms with E-state index < -0.39 is 0 Å². The number of hydrogen-bond donors (Lipinski definition) is 1. The molecule has 0 aliphatic carbocycles. The third-order valence-electron chi connectivity index (χ3n) is 4.66. The van der Waals surface area contributed by atoms with Gasteiger partial charge in [0, 0.05) is 18.8 Å². The number of rotatable bonds is 1. The van der Waals surface area contributed by atoms with E-state index in [1.54, 1.807) is 12.1 Å². The van der Waals surface area contributed by atoms with E-state index >= 15 is 0 Å². The molecule has 2 heterocycles. The van der Waals surface area contributed by atoms with Crippen LogP contribution in [0, 0.1) is 11.2 Å². The van der Waals surface area contributed by atoms with Gasteiger partial charge in [-0.3, -0.25) is 0 Å². The Hall–Kier alpha value is -1.09. The molecule has 0 aromatic heterocycles. The molecule has 1 N–H and O–H groups in total. The molecule has 3 heteroatoms. The maximum Gasteiger partial charge on any atom is 0.125 e. The first-order chi connectivity index (χ1) is 8.77. The van der Waals surface area contributed by atoms with Crippen LogP contribution in [0.5, 0.6) is 0 Å². The summed E-state index contributed by atoms with van der Waals surface area (Å²) in [4.78, 5) is 2.33. The lowest BCUT2D eigenvalue weighted by Crippen LogP contribution is -2.45. The van der Waals surface area contributed by atoms with Crippen molar-refractivity contribution in [3.8, 4) is 0 Å². The first-order valence-corrected chi connectivity index (χ1v) is 6.99. The van der Waals surface area contributed by atoms with Crippen LogP contribution in [0.3, 0.4) is 0 Å². The highest BCUT2D eigenvalue weighted by atomic mass is 19.1. The Morgan fingerprint density at radius 2 is 1.78 bits per heavy atom. The average Bonchev–Trinajstić information content (AvgIpc) is 2.40. The van der Waals surface area contributed by atoms with Crippen molar-refractivity contribution >= 4 is 5.69 Å². The van der Waals surface area contributed by atoms with Crippen LogP contribution in [0.4, 0.5) is 10.1 Å². The molecule has 0 bridgehead atoms. The Morgan fingerprint density at radius 1 is 1.06 bits per heavy atom. The Kier molecular flexibility index (Phi) is 3.25. The van der Waals surface area contributed by atoms with Crippen LogP contribution in [0.15, 0.2) is 24.3 Å².